The maximum Gasteiger partial charge on any atom is 0.139 e. The second-order valence-electron chi connectivity index (χ2n) is 8.94. The monoisotopic (exact) mass is 364 g/mol. The number of hydrogen-bond donors (Lipinski definition) is 3. The highest BCUT2D eigenvalue weighted by Crippen LogP contribution is 2.55. The lowest BCUT2D eigenvalue weighted by Crippen LogP contribution is -2.51. The summed E-state index contributed by atoms with van der Waals surface area (Å²) in [7, 11) is 0. The van der Waals surface area contributed by atoms with Crippen molar-refractivity contribution < 1.29 is 20.1 Å². The lowest BCUT2D eigenvalue weighted by atomic mass is 9.61. The first kappa shape index (κ1) is 20.0. The van der Waals surface area contributed by atoms with Crippen LogP contribution in [0.2, 0.25) is 0 Å². The van der Waals surface area contributed by atoms with E-state index in [-0.39, 0.29) is 30.6 Å². The van der Waals surface area contributed by atoms with E-state index in [0.717, 1.165) is 57.3 Å². The van der Waals surface area contributed by atoms with E-state index in [1.807, 2.05) is 12.2 Å². The molecule has 0 aromatic heterocycles. The molecule has 26 heavy (non-hydrogen) atoms. The average Bonchev–Trinajstić information content (AvgIpc) is 3.12. The van der Waals surface area contributed by atoms with E-state index in [1.165, 1.54) is 12.8 Å². The van der Waals surface area contributed by atoms with Crippen LogP contribution in [0.4, 0.5) is 0 Å². The Bertz CT molecular complexity index is 502. The van der Waals surface area contributed by atoms with Crippen molar-refractivity contribution in [3.8, 4) is 0 Å². The molecule has 3 fully saturated rings. The Labute approximate surface area is 157 Å². The molecule has 3 rings (SSSR count). The minimum absolute atomic E-state index is 0.0608. The fraction of sp³-hybridized carbons (Fsp3) is 0.864. The second kappa shape index (κ2) is 8.99. The van der Waals surface area contributed by atoms with E-state index >= 15 is 0 Å². The van der Waals surface area contributed by atoms with Gasteiger partial charge in [0.05, 0.1) is 11.7 Å². The summed E-state index contributed by atoms with van der Waals surface area (Å²) in [5.74, 6) is 1.25. The first-order valence-electron chi connectivity index (χ1n) is 10.8. The summed E-state index contributed by atoms with van der Waals surface area (Å²) in [6.07, 6.45) is 15.0. The third-order valence-corrected chi connectivity index (χ3v) is 7.20. The van der Waals surface area contributed by atoms with Gasteiger partial charge in [-0.3, -0.25) is 4.79 Å². The third-order valence-electron chi connectivity index (χ3n) is 7.20. The SMILES string of the molecule is O=C1C[C@@H](O)[C@H](C=CCC2(O)CC3CCCC32)[C@H]1CCCCCCCO. The molecule has 3 aliphatic carbocycles. The van der Waals surface area contributed by atoms with E-state index in [9.17, 15) is 15.0 Å². The van der Waals surface area contributed by atoms with Gasteiger partial charge < -0.3 is 15.3 Å². The number of Topliss-reactive ketones (excluding diaryl/α,β-unsaturated/α-hetero) is 1. The molecular formula is C22H36O4. The number of hydrogen-bond acceptors (Lipinski definition) is 4. The zero-order valence-electron chi connectivity index (χ0n) is 16.0. The zero-order chi connectivity index (χ0) is 18.6. The van der Waals surface area contributed by atoms with Gasteiger partial charge in [0.2, 0.25) is 0 Å². The van der Waals surface area contributed by atoms with Crippen LogP contribution in [0.3, 0.4) is 0 Å². The number of ketones is 1. The van der Waals surface area contributed by atoms with E-state index in [2.05, 4.69) is 0 Å². The summed E-state index contributed by atoms with van der Waals surface area (Å²) < 4.78 is 0. The summed E-state index contributed by atoms with van der Waals surface area (Å²) in [4.78, 5) is 12.3. The van der Waals surface area contributed by atoms with Crippen LogP contribution < -0.4 is 0 Å². The Balaban J connectivity index is 1.46. The van der Waals surface area contributed by atoms with Gasteiger partial charge in [0.25, 0.3) is 0 Å². The lowest BCUT2D eigenvalue weighted by molar-refractivity contribution is -0.122. The first-order valence-corrected chi connectivity index (χ1v) is 10.8. The Kier molecular flexibility index (Phi) is 6.92. The normalized spacial score (nSPS) is 39.5. The van der Waals surface area contributed by atoms with Gasteiger partial charge in [0.15, 0.2) is 0 Å². The van der Waals surface area contributed by atoms with Crippen LogP contribution in [0.15, 0.2) is 12.2 Å². The van der Waals surface area contributed by atoms with Crippen LogP contribution in [-0.4, -0.2) is 39.4 Å². The Hall–Kier alpha value is -0.710. The van der Waals surface area contributed by atoms with Crippen LogP contribution in [-0.2, 0) is 4.79 Å². The fourth-order valence-electron chi connectivity index (χ4n) is 5.70. The van der Waals surface area contributed by atoms with E-state index in [1.54, 1.807) is 0 Å². The summed E-state index contributed by atoms with van der Waals surface area (Å²) in [6, 6.07) is 0. The lowest BCUT2D eigenvalue weighted by Gasteiger charge is -2.48. The van der Waals surface area contributed by atoms with Gasteiger partial charge in [0, 0.05) is 24.9 Å². The highest BCUT2D eigenvalue weighted by atomic mass is 16.3. The van der Waals surface area contributed by atoms with Crippen molar-refractivity contribution in [3.05, 3.63) is 12.2 Å². The molecule has 0 aromatic carbocycles. The molecule has 3 unspecified atom stereocenters. The van der Waals surface area contributed by atoms with Gasteiger partial charge in [-0.2, -0.15) is 0 Å². The highest BCUT2D eigenvalue weighted by Gasteiger charge is 2.53. The summed E-state index contributed by atoms with van der Waals surface area (Å²) >= 11 is 0. The van der Waals surface area contributed by atoms with Gasteiger partial charge in [-0.15, -0.1) is 0 Å². The van der Waals surface area contributed by atoms with Crippen molar-refractivity contribution in [3.63, 3.8) is 0 Å². The molecule has 6 atom stereocenters. The maximum atomic E-state index is 12.3. The number of carbonyl (C=O) groups excluding carboxylic acids is 1. The second-order valence-corrected chi connectivity index (χ2v) is 8.94. The smallest absolute Gasteiger partial charge is 0.139 e. The molecule has 148 valence electrons. The molecule has 0 bridgehead atoms. The van der Waals surface area contributed by atoms with Gasteiger partial charge in [-0.1, -0.05) is 44.3 Å². The van der Waals surface area contributed by atoms with Crippen LogP contribution in [0, 0.1) is 23.7 Å². The molecule has 0 amide bonds. The summed E-state index contributed by atoms with van der Waals surface area (Å²) in [6.45, 7) is 0.258. The van der Waals surface area contributed by atoms with Crippen LogP contribution >= 0.6 is 0 Å². The largest absolute Gasteiger partial charge is 0.396 e. The minimum atomic E-state index is -0.562. The molecule has 3 aliphatic rings. The zero-order valence-corrected chi connectivity index (χ0v) is 16.0. The van der Waals surface area contributed by atoms with E-state index < -0.39 is 11.7 Å². The Morgan fingerprint density at radius 3 is 2.65 bits per heavy atom. The standard InChI is InChI=1S/C22H36O4/c23-13-5-3-1-2-4-9-17-18(21(25)14-20(17)24)10-7-12-22(26)15-16-8-6-11-19(16)22/h7,10,16-19,21,23,25-26H,1-6,8-9,11-15H2/t16?,17-,18-,19?,21-,22?/m1/s1. The van der Waals surface area contributed by atoms with Crippen molar-refractivity contribution in [1.29, 1.82) is 0 Å². The molecule has 0 aromatic rings. The van der Waals surface area contributed by atoms with Gasteiger partial charge in [0.1, 0.15) is 5.78 Å². The maximum absolute atomic E-state index is 12.3. The van der Waals surface area contributed by atoms with Gasteiger partial charge in [-0.05, 0) is 50.4 Å². The quantitative estimate of drug-likeness (QED) is 0.410. The predicted molar refractivity (Wildman–Crippen MR) is 102 cm³/mol. The van der Waals surface area contributed by atoms with Crippen LogP contribution in [0.25, 0.3) is 0 Å². The molecule has 0 spiro atoms. The Morgan fingerprint density at radius 1 is 1.12 bits per heavy atom. The summed E-state index contributed by atoms with van der Waals surface area (Å²) in [5.41, 5.74) is -0.534. The van der Waals surface area contributed by atoms with Crippen molar-refractivity contribution >= 4 is 5.78 Å². The van der Waals surface area contributed by atoms with E-state index in [0.29, 0.717) is 12.3 Å². The molecule has 0 heterocycles. The van der Waals surface area contributed by atoms with Gasteiger partial charge >= 0.3 is 0 Å². The third kappa shape index (κ3) is 4.40. The number of aliphatic hydroxyl groups is 3. The first-order chi connectivity index (χ1) is 12.5. The average molecular weight is 365 g/mol. The number of rotatable bonds is 10. The molecule has 4 nitrogen and oxygen atoms in total. The van der Waals surface area contributed by atoms with Gasteiger partial charge in [-0.25, -0.2) is 0 Å². The fourth-order valence-corrected chi connectivity index (χ4v) is 5.70. The highest BCUT2D eigenvalue weighted by molar-refractivity contribution is 5.84. The van der Waals surface area contributed by atoms with Crippen molar-refractivity contribution in [2.75, 3.05) is 6.61 Å². The molecule has 4 heteroatoms. The molecular weight excluding hydrogens is 328 g/mol. The Morgan fingerprint density at radius 2 is 1.88 bits per heavy atom. The molecule has 0 radical (unpaired) electrons. The molecule has 3 N–H and O–H groups in total. The molecule has 0 aliphatic heterocycles. The minimum Gasteiger partial charge on any atom is -0.396 e. The topological polar surface area (TPSA) is 77.8 Å². The number of unbranched alkanes of at least 4 members (excludes halogenated alkanes) is 4. The van der Waals surface area contributed by atoms with Crippen molar-refractivity contribution in [2.24, 2.45) is 23.7 Å². The van der Waals surface area contributed by atoms with Crippen LogP contribution in [0.1, 0.15) is 77.0 Å². The molecule has 3 saturated carbocycles. The summed E-state index contributed by atoms with van der Waals surface area (Å²) in [5, 5.41) is 29.9. The van der Waals surface area contributed by atoms with E-state index in [4.69, 9.17) is 5.11 Å². The molecule has 0 saturated heterocycles. The number of fused-ring (bicyclic) bond motifs is 1. The predicted octanol–water partition coefficient (Wildman–Crippen LogP) is 3.38. The number of carbonyl (C=O) groups is 1. The van der Waals surface area contributed by atoms with Crippen molar-refractivity contribution in [2.45, 2.75) is 88.8 Å². The number of aliphatic hydroxyl groups excluding tert-OH is 2. The van der Waals surface area contributed by atoms with Crippen LogP contribution in [0.5, 0.6) is 0 Å². The van der Waals surface area contributed by atoms with Crippen molar-refractivity contribution in [1.82, 2.24) is 0 Å².